The van der Waals surface area contributed by atoms with Gasteiger partial charge < -0.3 is 9.64 Å². The Morgan fingerprint density at radius 3 is 2.53 bits per heavy atom. The Hall–Kier alpha value is -2.02. The topological polar surface area (TPSA) is 53.3 Å². The van der Waals surface area contributed by atoms with Gasteiger partial charge in [-0.3, -0.25) is 4.79 Å². The Balaban J connectivity index is 2.27. The van der Waals surface area contributed by atoms with E-state index in [4.69, 9.17) is 10.00 Å². The summed E-state index contributed by atoms with van der Waals surface area (Å²) < 4.78 is 5.46. The van der Waals surface area contributed by atoms with Crippen molar-refractivity contribution in [3.8, 4) is 11.8 Å². The maximum Gasteiger partial charge on any atom is 0.222 e. The van der Waals surface area contributed by atoms with E-state index in [1.54, 1.807) is 43.3 Å². The number of amides is 1. The second-order valence-corrected chi connectivity index (χ2v) is 3.88. The summed E-state index contributed by atoms with van der Waals surface area (Å²) in [6.07, 6.45) is 1.18. The van der Waals surface area contributed by atoms with Gasteiger partial charge in [-0.15, -0.1) is 0 Å². The van der Waals surface area contributed by atoms with Crippen LogP contribution in [0.15, 0.2) is 24.3 Å². The molecule has 0 atom stereocenters. The predicted molar refractivity (Wildman–Crippen MR) is 64.6 cm³/mol. The van der Waals surface area contributed by atoms with Crippen molar-refractivity contribution in [1.82, 2.24) is 4.90 Å². The zero-order chi connectivity index (χ0) is 12.7. The number of carbonyl (C=O) groups excluding carboxylic acids is 1. The van der Waals surface area contributed by atoms with Crippen LogP contribution in [0.4, 0.5) is 0 Å². The Labute approximate surface area is 101 Å². The molecule has 0 saturated carbocycles. The van der Waals surface area contributed by atoms with Crippen molar-refractivity contribution in [3.63, 3.8) is 0 Å². The van der Waals surface area contributed by atoms with Crippen molar-refractivity contribution in [1.29, 1.82) is 5.26 Å². The SMILES string of the molecule is CN(C)C(=O)CCCOc1ccc(C#N)cc1. The molecule has 0 bridgehead atoms. The third-order valence-electron chi connectivity index (χ3n) is 2.29. The average Bonchev–Trinajstić information content (AvgIpc) is 2.35. The zero-order valence-electron chi connectivity index (χ0n) is 10.1. The number of nitrogens with zero attached hydrogens (tertiary/aromatic N) is 2. The molecule has 0 heterocycles. The first kappa shape index (κ1) is 13.0. The maximum atomic E-state index is 11.3. The fourth-order valence-corrected chi connectivity index (χ4v) is 1.26. The van der Waals surface area contributed by atoms with Crippen molar-refractivity contribution < 1.29 is 9.53 Å². The molecule has 0 aliphatic rings. The van der Waals surface area contributed by atoms with E-state index in [0.29, 0.717) is 25.0 Å². The number of hydrogen-bond acceptors (Lipinski definition) is 3. The van der Waals surface area contributed by atoms with Crippen LogP contribution in [0.25, 0.3) is 0 Å². The van der Waals surface area contributed by atoms with Gasteiger partial charge in [0.05, 0.1) is 18.2 Å². The average molecular weight is 232 g/mol. The summed E-state index contributed by atoms with van der Waals surface area (Å²) in [5, 5.41) is 8.62. The maximum absolute atomic E-state index is 11.3. The van der Waals surface area contributed by atoms with Crippen LogP contribution in [0.2, 0.25) is 0 Å². The minimum Gasteiger partial charge on any atom is -0.494 e. The number of hydrogen-bond donors (Lipinski definition) is 0. The molecule has 0 unspecified atom stereocenters. The van der Waals surface area contributed by atoms with E-state index in [0.717, 1.165) is 5.75 Å². The molecule has 0 N–H and O–H groups in total. The first-order valence-electron chi connectivity index (χ1n) is 5.46. The van der Waals surface area contributed by atoms with Gasteiger partial charge in [0, 0.05) is 20.5 Å². The van der Waals surface area contributed by atoms with Crippen molar-refractivity contribution >= 4 is 5.91 Å². The van der Waals surface area contributed by atoms with Gasteiger partial charge >= 0.3 is 0 Å². The van der Waals surface area contributed by atoms with Gasteiger partial charge in [-0.1, -0.05) is 0 Å². The normalized spacial score (nSPS) is 9.47. The third-order valence-corrected chi connectivity index (χ3v) is 2.29. The summed E-state index contributed by atoms with van der Waals surface area (Å²) in [5.41, 5.74) is 0.611. The molecule has 17 heavy (non-hydrogen) atoms. The van der Waals surface area contributed by atoms with Crippen LogP contribution < -0.4 is 4.74 Å². The predicted octanol–water partition coefficient (Wildman–Crippen LogP) is 1.81. The molecule has 1 rings (SSSR count). The largest absolute Gasteiger partial charge is 0.494 e. The second-order valence-electron chi connectivity index (χ2n) is 3.88. The van der Waals surface area contributed by atoms with E-state index in [2.05, 4.69) is 0 Å². The van der Waals surface area contributed by atoms with E-state index in [9.17, 15) is 4.79 Å². The molecule has 90 valence electrons. The van der Waals surface area contributed by atoms with Crippen molar-refractivity contribution in [2.45, 2.75) is 12.8 Å². The summed E-state index contributed by atoms with van der Waals surface area (Å²) in [6, 6.07) is 8.97. The van der Waals surface area contributed by atoms with Gasteiger partial charge in [-0.2, -0.15) is 5.26 Å². The molecule has 0 aromatic heterocycles. The fourth-order valence-electron chi connectivity index (χ4n) is 1.26. The van der Waals surface area contributed by atoms with Crippen molar-refractivity contribution in [3.05, 3.63) is 29.8 Å². The lowest BCUT2D eigenvalue weighted by Crippen LogP contribution is -2.21. The standard InChI is InChI=1S/C13H16N2O2/c1-15(2)13(16)4-3-9-17-12-7-5-11(10-14)6-8-12/h5-8H,3-4,9H2,1-2H3. The first-order valence-corrected chi connectivity index (χ1v) is 5.46. The molecule has 1 aromatic carbocycles. The third kappa shape index (κ3) is 4.56. The quantitative estimate of drug-likeness (QED) is 0.727. The lowest BCUT2D eigenvalue weighted by atomic mass is 10.2. The number of nitriles is 1. The first-order chi connectivity index (χ1) is 8.13. The summed E-state index contributed by atoms with van der Waals surface area (Å²) >= 11 is 0. The van der Waals surface area contributed by atoms with Gasteiger partial charge in [0.25, 0.3) is 0 Å². The van der Waals surface area contributed by atoms with Crippen LogP contribution in [0, 0.1) is 11.3 Å². The molecule has 0 spiro atoms. The fraction of sp³-hybridized carbons (Fsp3) is 0.385. The summed E-state index contributed by atoms with van der Waals surface area (Å²) in [5.74, 6) is 0.828. The molecule has 0 aliphatic carbocycles. The van der Waals surface area contributed by atoms with E-state index >= 15 is 0 Å². The smallest absolute Gasteiger partial charge is 0.222 e. The Morgan fingerprint density at radius 2 is 2.00 bits per heavy atom. The lowest BCUT2D eigenvalue weighted by Gasteiger charge is -2.10. The van der Waals surface area contributed by atoms with Gasteiger partial charge in [0.1, 0.15) is 5.75 Å². The van der Waals surface area contributed by atoms with Crippen LogP contribution in [0.3, 0.4) is 0 Å². The van der Waals surface area contributed by atoms with Crippen LogP contribution >= 0.6 is 0 Å². The Morgan fingerprint density at radius 1 is 1.35 bits per heavy atom. The minimum absolute atomic E-state index is 0.105. The summed E-state index contributed by atoms with van der Waals surface area (Å²) in [7, 11) is 3.48. The van der Waals surface area contributed by atoms with E-state index < -0.39 is 0 Å². The second kappa shape index (κ2) is 6.54. The highest BCUT2D eigenvalue weighted by Gasteiger charge is 2.03. The number of rotatable bonds is 5. The molecule has 1 aromatic rings. The number of benzene rings is 1. The van der Waals surface area contributed by atoms with E-state index in [-0.39, 0.29) is 5.91 Å². The lowest BCUT2D eigenvalue weighted by molar-refractivity contribution is -0.128. The molecule has 4 nitrogen and oxygen atoms in total. The summed E-state index contributed by atoms with van der Waals surface area (Å²) in [6.45, 7) is 0.505. The van der Waals surface area contributed by atoms with Crippen LogP contribution in [0.5, 0.6) is 5.75 Å². The highest BCUT2D eigenvalue weighted by molar-refractivity contribution is 5.75. The van der Waals surface area contributed by atoms with Crippen molar-refractivity contribution in [2.75, 3.05) is 20.7 Å². The van der Waals surface area contributed by atoms with E-state index in [1.165, 1.54) is 0 Å². The van der Waals surface area contributed by atoms with Gasteiger partial charge in [0.2, 0.25) is 5.91 Å². The van der Waals surface area contributed by atoms with Crippen LogP contribution in [-0.2, 0) is 4.79 Å². The van der Waals surface area contributed by atoms with Gasteiger partial charge in [-0.25, -0.2) is 0 Å². The molecular formula is C13H16N2O2. The van der Waals surface area contributed by atoms with Crippen LogP contribution in [0.1, 0.15) is 18.4 Å². The summed E-state index contributed by atoms with van der Waals surface area (Å²) in [4.78, 5) is 12.8. The molecule has 0 saturated heterocycles. The van der Waals surface area contributed by atoms with Gasteiger partial charge in [-0.05, 0) is 30.7 Å². The van der Waals surface area contributed by atoms with Crippen LogP contribution in [-0.4, -0.2) is 31.5 Å². The monoisotopic (exact) mass is 232 g/mol. The highest BCUT2D eigenvalue weighted by Crippen LogP contribution is 2.11. The molecule has 1 amide bonds. The minimum atomic E-state index is 0.105. The van der Waals surface area contributed by atoms with E-state index in [1.807, 2.05) is 6.07 Å². The Kier molecular flexibility index (Phi) is 5.02. The highest BCUT2D eigenvalue weighted by atomic mass is 16.5. The van der Waals surface area contributed by atoms with Crippen molar-refractivity contribution in [2.24, 2.45) is 0 Å². The van der Waals surface area contributed by atoms with Gasteiger partial charge in [0.15, 0.2) is 0 Å². The zero-order valence-corrected chi connectivity index (χ0v) is 10.1. The molecule has 4 heteroatoms. The molecule has 0 aliphatic heterocycles. The molecular weight excluding hydrogens is 216 g/mol. The molecule has 0 fully saturated rings. The number of carbonyl (C=O) groups is 1. The number of ether oxygens (including phenoxy) is 1. The molecule has 0 radical (unpaired) electrons. The Bertz CT molecular complexity index is 404.